The van der Waals surface area contributed by atoms with Crippen molar-refractivity contribution in [3.8, 4) is 0 Å². The van der Waals surface area contributed by atoms with E-state index in [1.807, 2.05) is 13.0 Å². The van der Waals surface area contributed by atoms with Crippen LogP contribution in [0.2, 0.25) is 0 Å². The normalized spacial score (nSPS) is 14.3. The summed E-state index contributed by atoms with van der Waals surface area (Å²) in [6, 6.07) is 3.80. The Morgan fingerprint density at radius 1 is 1.67 bits per heavy atom. The number of aromatic nitrogens is 1. The molecule has 4 N–H and O–H groups in total. The minimum absolute atomic E-state index is 0.156. The third-order valence-electron chi connectivity index (χ3n) is 1.81. The number of hydrazine groups is 1. The van der Waals surface area contributed by atoms with Gasteiger partial charge < -0.3 is 10.7 Å². The maximum Gasteiger partial charge on any atom is 0.141 e. The van der Waals surface area contributed by atoms with Crippen LogP contribution in [0.25, 0.3) is 0 Å². The van der Waals surface area contributed by atoms with Gasteiger partial charge in [0.2, 0.25) is 0 Å². The Hall–Kier alpha value is -1.14. The lowest BCUT2D eigenvalue weighted by molar-refractivity contribution is 0.683. The van der Waals surface area contributed by atoms with Gasteiger partial charge >= 0.3 is 0 Å². The summed E-state index contributed by atoms with van der Waals surface area (Å²) in [6.07, 6.45) is 3.35. The van der Waals surface area contributed by atoms with E-state index in [9.17, 15) is 4.21 Å². The summed E-state index contributed by atoms with van der Waals surface area (Å²) in [5.74, 6) is 6.46. The smallest absolute Gasteiger partial charge is 0.141 e. The summed E-state index contributed by atoms with van der Waals surface area (Å²) in [5.41, 5.74) is 3.38. The van der Waals surface area contributed by atoms with Crippen molar-refractivity contribution in [3.05, 3.63) is 18.3 Å². The average molecular weight is 228 g/mol. The largest absolute Gasteiger partial charge is 0.382 e. The molecule has 0 saturated carbocycles. The molecule has 2 unspecified atom stereocenters. The number of rotatable bonds is 5. The maximum absolute atomic E-state index is 11.0. The van der Waals surface area contributed by atoms with Crippen LogP contribution in [0.5, 0.6) is 0 Å². The molecule has 2 atom stereocenters. The average Bonchev–Trinajstić information content (AvgIpc) is 2.16. The lowest BCUT2D eigenvalue weighted by Gasteiger charge is -2.14. The molecule has 5 nitrogen and oxygen atoms in total. The van der Waals surface area contributed by atoms with Crippen molar-refractivity contribution < 1.29 is 4.21 Å². The van der Waals surface area contributed by atoms with Gasteiger partial charge in [0.05, 0.1) is 0 Å². The second kappa shape index (κ2) is 5.67. The second-order valence-electron chi connectivity index (χ2n) is 3.36. The monoisotopic (exact) mass is 228 g/mol. The molecule has 0 aromatic carbocycles. The molecule has 84 valence electrons. The maximum atomic E-state index is 11.0. The van der Waals surface area contributed by atoms with Crippen molar-refractivity contribution in [2.75, 3.05) is 22.8 Å². The summed E-state index contributed by atoms with van der Waals surface area (Å²) >= 11 is 0. The van der Waals surface area contributed by atoms with Gasteiger partial charge in [0, 0.05) is 46.8 Å². The van der Waals surface area contributed by atoms with Crippen LogP contribution in [0.15, 0.2) is 18.3 Å². The van der Waals surface area contributed by atoms with E-state index in [0.29, 0.717) is 11.6 Å². The predicted molar refractivity (Wildman–Crippen MR) is 64.1 cm³/mol. The number of nitrogens with one attached hydrogen (secondary N) is 2. The molecule has 1 rings (SSSR count). The third kappa shape index (κ3) is 4.26. The van der Waals surface area contributed by atoms with Crippen LogP contribution in [0.3, 0.4) is 0 Å². The number of hydrogen-bond acceptors (Lipinski definition) is 5. The van der Waals surface area contributed by atoms with Crippen molar-refractivity contribution >= 4 is 22.3 Å². The highest BCUT2D eigenvalue weighted by Crippen LogP contribution is 2.12. The molecule has 0 amide bonds. The molecule has 0 radical (unpaired) electrons. The molecule has 0 spiro atoms. The summed E-state index contributed by atoms with van der Waals surface area (Å²) in [7, 11) is -0.795. The van der Waals surface area contributed by atoms with Gasteiger partial charge in [-0.3, -0.25) is 4.21 Å². The molecule has 0 bridgehead atoms. The Kier molecular flexibility index (Phi) is 4.51. The number of nitrogens with zero attached hydrogens (tertiary/aromatic N) is 1. The van der Waals surface area contributed by atoms with Crippen LogP contribution in [-0.4, -0.2) is 27.2 Å². The first kappa shape index (κ1) is 11.9. The number of pyridine rings is 1. The van der Waals surface area contributed by atoms with E-state index in [-0.39, 0.29) is 6.04 Å². The van der Waals surface area contributed by atoms with Gasteiger partial charge in [-0.2, -0.15) is 0 Å². The van der Waals surface area contributed by atoms with Gasteiger partial charge in [0.25, 0.3) is 0 Å². The number of nitrogens with two attached hydrogens (primary N) is 1. The lowest BCUT2D eigenvalue weighted by Crippen LogP contribution is -2.22. The van der Waals surface area contributed by atoms with Crippen LogP contribution >= 0.6 is 0 Å². The van der Waals surface area contributed by atoms with E-state index in [0.717, 1.165) is 5.69 Å². The molecule has 1 aromatic heterocycles. The first-order valence-corrected chi connectivity index (χ1v) is 6.33. The van der Waals surface area contributed by atoms with Gasteiger partial charge in [-0.15, -0.1) is 0 Å². The van der Waals surface area contributed by atoms with E-state index in [4.69, 9.17) is 5.84 Å². The number of nitrogen functional groups attached to an aromatic ring is 1. The zero-order chi connectivity index (χ0) is 11.3. The predicted octanol–water partition coefficient (Wildman–Crippen LogP) is 0.546. The van der Waals surface area contributed by atoms with Crippen LogP contribution in [0, 0.1) is 0 Å². The SMILES string of the molecule is CC(CS(C)=O)Nc1ccnc(NN)c1. The fraction of sp³-hybridized carbons (Fsp3) is 0.444. The molecule has 0 saturated heterocycles. The van der Waals surface area contributed by atoms with Crippen molar-refractivity contribution in [1.82, 2.24) is 4.98 Å². The molecule has 15 heavy (non-hydrogen) atoms. The number of anilines is 2. The lowest BCUT2D eigenvalue weighted by atomic mass is 10.3. The Labute approximate surface area is 91.9 Å². The van der Waals surface area contributed by atoms with Crippen LogP contribution in [0.4, 0.5) is 11.5 Å². The highest BCUT2D eigenvalue weighted by Gasteiger charge is 2.04. The molecule has 0 aliphatic heterocycles. The quantitative estimate of drug-likeness (QED) is 0.506. The summed E-state index contributed by atoms with van der Waals surface area (Å²) < 4.78 is 11.0. The van der Waals surface area contributed by atoms with Gasteiger partial charge in [0.15, 0.2) is 0 Å². The van der Waals surface area contributed by atoms with E-state index in [1.165, 1.54) is 0 Å². The van der Waals surface area contributed by atoms with Crippen molar-refractivity contribution in [2.24, 2.45) is 5.84 Å². The molecule has 0 aliphatic rings. The molecule has 0 aliphatic carbocycles. The van der Waals surface area contributed by atoms with Crippen molar-refractivity contribution in [1.29, 1.82) is 0 Å². The van der Waals surface area contributed by atoms with Gasteiger partial charge in [0.1, 0.15) is 5.82 Å². The van der Waals surface area contributed by atoms with Crippen LogP contribution in [0.1, 0.15) is 6.92 Å². The Bertz CT molecular complexity index is 345. The Balaban J connectivity index is 2.59. The van der Waals surface area contributed by atoms with E-state index >= 15 is 0 Å². The highest BCUT2D eigenvalue weighted by molar-refractivity contribution is 7.84. The summed E-state index contributed by atoms with van der Waals surface area (Å²) in [5, 5.41) is 3.22. The first-order chi connectivity index (χ1) is 7.11. The minimum atomic E-state index is -0.795. The summed E-state index contributed by atoms with van der Waals surface area (Å²) in [4.78, 5) is 3.99. The van der Waals surface area contributed by atoms with E-state index in [1.54, 1.807) is 18.5 Å². The molecular formula is C9H16N4OS. The zero-order valence-electron chi connectivity index (χ0n) is 8.86. The van der Waals surface area contributed by atoms with Gasteiger partial charge in [-0.05, 0) is 13.0 Å². The summed E-state index contributed by atoms with van der Waals surface area (Å²) in [6.45, 7) is 1.98. The topological polar surface area (TPSA) is 80.0 Å². The fourth-order valence-corrected chi connectivity index (χ4v) is 2.06. The fourth-order valence-electron chi connectivity index (χ4n) is 1.28. The Morgan fingerprint density at radius 2 is 2.40 bits per heavy atom. The van der Waals surface area contributed by atoms with Gasteiger partial charge in [-0.25, -0.2) is 10.8 Å². The third-order valence-corrected chi connectivity index (χ3v) is 2.78. The molecular weight excluding hydrogens is 212 g/mol. The number of hydrogen-bond donors (Lipinski definition) is 3. The van der Waals surface area contributed by atoms with E-state index < -0.39 is 10.8 Å². The van der Waals surface area contributed by atoms with Crippen LogP contribution < -0.4 is 16.6 Å². The highest BCUT2D eigenvalue weighted by atomic mass is 32.2. The zero-order valence-corrected chi connectivity index (χ0v) is 9.67. The molecule has 1 heterocycles. The van der Waals surface area contributed by atoms with Gasteiger partial charge in [-0.1, -0.05) is 0 Å². The van der Waals surface area contributed by atoms with Crippen molar-refractivity contribution in [2.45, 2.75) is 13.0 Å². The van der Waals surface area contributed by atoms with Crippen molar-refractivity contribution in [3.63, 3.8) is 0 Å². The second-order valence-corrected chi connectivity index (χ2v) is 4.84. The Morgan fingerprint density at radius 3 is 3.00 bits per heavy atom. The first-order valence-electron chi connectivity index (χ1n) is 4.61. The standard InChI is InChI=1S/C9H16N4OS/c1-7(6-15(2)14)12-8-3-4-11-9(5-8)13-10/h3-5,7H,6,10H2,1-2H3,(H2,11,12,13). The molecule has 1 aromatic rings. The molecule has 6 heteroatoms. The van der Waals surface area contributed by atoms with Crippen LogP contribution in [-0.2, 0) is 10.8 Å². The minimum Gasteiger partial charge on any atom is -0.382 e. The molecule has 0 fully saturated rings. The van der Waals surface area contributed by atoms with E-state index in [2.05, 4.69) is 15.7 Å².